The van der Waals surface area contributed by atoms with E-state index in [0.717, 1.165) is 22.1 Å². The van der Waals surface area contributed by atoms with Crippen LogP contribution in [0, 0.1) is 6.92 Å². The normalized spacial score (nSPS) is 10.6. The van der Waals surface area contributed by atoms with E-state index >= 15 is 0 Å². The highest BCUT2D eigenvalue weighted by Crippen LogP contribution is 2.28. The number of aryl methyl sites for hydroxylation is 1. The zero-order valence-corrected chi connectivity index (χ0v) is 16.4. The molecule has 0 aliphatic heterocycles. The van der Waals surface area contributed by atoms with Crippen molar-refractivity contribution in [2.75, 3.05) is 10.6 Å². The van der Waals surface area contributed by atoms with Gasteiger partial charge in [-0.3, -0.25) is 0 Å². The van der Waals surface area contributed by atoms with Gasteiger partial charge in [-0.25, -0.2) is 9.97 Å². The van der Waals surface area contributed by atoms with Crippen LogP contribution in [-0.4, -0.2) is 15.0 Å². The third-order valence-electron chi connectivity index (χ3n) is 4.29. The molecular formula is C22H21N5S. The van der Waals surface area contributed by atoms with Gasteiger partial charge in [0.05, 0.1) is 12.2 Å². The van der Waals surface area contributed by atoms with Crippen LogP contribution in [0.5, 0.6) is 0 Å². The molecule has 0 aliphatic rings. The van der Waals surface area contributed by atoms with Gasteiger partial charge in [0.2, 0.25) is 5.95 Å². The van der Waals surface area contributed by atoms with Crippen molar-refractivity contribution in [3.8, 4) is 10.6 Å². The van der Waals surface area contributed by atoms with E-state index in [-0.39, 0.29) is 0 Å². The Morgan fingerprint density at radius 2 is 1.57 bits per heavy atom. The van der Waals surface area contributed by atoms with Gasteiger partial charge in [0, 0.05) is 23.2 Å². The lowest BCUT2D eigenvalue weighted by Gasteiger charge is -2.08. The minimum atomic E-state index is 0.611. The van der Waals surface area contributed by atoms with Crippen molar-refractivity contribution in [3.63, 3.8) is 0 Å². The summed E-state index contributed by atoms with van der Waals surface area (Å²) >= 11 is 1.71. The first-order valence-corrected chi connectivity index (χ1v) is 9.96. The molecule has 0 aliphatic carbocycles. The SMILES string of the molecule is Cc1nc(-c2ccccc2)sc1CNc1ccnc(NCc2ccccc2)n1. The topological polar surface area (TPSA) is 62.7 Å². The Bertz CT molecular complexity index is 1030. The summed E-state index contributed by atoms with van der Waals surface area (Å²) in [6.07, 6.45) is 1.76. The largest absolute Gasteiger partial charge is 0.365 e. The Morgan fingerprint density at radius 3 is 2.36 bits per heavy atom. The maximum absolute atomic E-state index is 4.71. The molecule has 0 atom stereocenters. The molecule has 0 radical (unpaired) electrons. The molecule has 0 bridgehead atoms. The van der Waals surface area contributed by atoms with Gasteiger partial charge in [0.25, 0.3) is 0 Å². The summed E-state index contributed by atoms with van der Waals surface area (Å²) in [5.41, 5.74) is 3.39. The van der Waals surface area contributed by atoms with Crippen LogP contribution in [0.15, 0.2) is 72.9 Å². The second kappa shape index (κ2) is 8.63. The second-order valence-corrected chi connectivity index (χ2v) is 7.44. The van der Waals surface area contributed by atoms with Crippen molar-refractivity contribution in [1.82, 2.24) is 15.0 Å². The Balaban J connectivity index is 1.39. The number of benzene rings is 2. The number of anilines is 2. The summed E-state index contributed by atoms with van der Waals surface area (Å²) in [7, 11) is 0. The average Bonchev–Trinajstić information content (AvgIpc) is 3.13. The lowest BCUT2D eigenvalue weighted by atomic mass is 10.2. The molecule has 28 heavy (non-hydrogen) atoms. The number of hydrogen-bond donors (Lipinski definition) is 2. The van der Waals surface area contributed by atoms with E-state index in [4.69, 9.17) is 4.98 Å². The third-order valence-corrected chi connectivity index (χ3v) is 5.50. The summed E-state index contributed by atoms with van der Waals surface area (Å²) < 4.78 is 0. The van der Waals surface area contributed by atoms with Crippen LogP contribution in [-0.2, 0) is 13.1 Å². The summed E-state index contributed by atoms with van der Waals surface area (Å²) in [6.45, 7) is 3.43. The maximum atomic E-state index is 4.71. The molecular weight excluding hydrogens is 366 g/mol. The van der Waals surface area contributed by atoms with Gasteiger partial charge < -0.3 is 10.6 Å². The molecule has 2 aromatic heterocycles. The van der Waals surface area contributed by atoms with Gasteiger partial charge in [0.15, 0.2) is 0 Å². The molecule has 0 saturated carbocycles. The van der Waals surface area contributed by atoms with Crippen LogP contribution in [0.2, 0.25) is 0 Å². The van der Waals surface area contributed by atoms with E-state index in [0.29, 0.717) is 19.0 Å². The summed E-state index contributed by atoms with van der Waals surface area (Å²) in [6, 6.07) is 22.4. The number of nitrogens with zero attached hydrogens (tertiary/aromatic N) is 3. The highest BCUT2D eigenvalue weighted by molar-refractivity contribution is 7.15. The zero-order valence-electron chi connectivity index (χ0n) is 15.6. The molecule has 2 heterocycles. The number of nitrogens with one attached hydrogen (secondary N) is 2. The van der Waals surface area contributed by atoms with Crippen molar-refractivity contribution in [2.24, 2.45) is 0 Å². The molecule has 140 valence electrons. The number of rotatable bonds is 7. The minimum absolute atomic E-state index is 0.611. The van der Waals surface area contributed by atoms with E-state index in [1.807, 2.05) is 49.4 Å². The summed E-state index contributed by atoms with van der Waals surface area (Å²) in [5, 5.41) is 7.69. The number of thiazole rings is 1. The van der Waals surface area contributed by atoms with Gasteiger partial charge in [-0.1, -0.05) is 60.7 Å². The van der Waals surface area contributed by atoms with E-state index in [2.05, 4.69) is 44.9 Å². The number of hydrogen-bond acceptors (Lipinski definition) is 6. The van der Waals surface area contributed by atoms with Crippen LogP contribution in [0.3, 0.4) is 0 Å². The van der Waals surface area contributed by atoms with E-state index < -0.39 is 0 Å². The Morgan fingerprint density at radius 1 is 0.821 bits per heavy atom. The molecule has 5 nitrogen and oxygen atoms in total. The molecule has 2 aromatic carbocycles. The van der Waals surface area contributed by atoms with Gasteiger partial charge in [0.1, 0.15) is 10.8 Å². The summed E-state index contributed by atoms with van der Waals surface area (Å²) in [5.74, 6) is 1.40. The van der Waals surface area contributed by atoms with Gasteiger partial charge in [-0.15, -0.1) is 11.3 Å². The van der Waals surface area contributed by atoms with Crippen molar-refractivity contribution in [1.29, 1.82) is 0 Å². The van der Waals surface area contributed by atoms with Crippen molar-refractivity contribution < 1.29 is 0 Å². The Hall–Kier alpha value is -3.25. The van der Waals surface area contributed by atoms with Crippen LogP contribution in [0.4, 0.5) is 11.8 Å². The number of aromatic nitrogens is 3. The monoisotopic (exact) mass is 387 g/mol. The molecule has 0 saturated heterocycles. The second-order valence-electron chi connectivity index (χ2n) is 6.35. The quantitative estimate of drug-likeness (QED) is 0.460. The molecule has 4 rings (SSSR count). The lowest BCUT2D eigenvalue weighted by Crippen LogP contribution is -2.06. The molecule has 0 amide bonds. The first kappa shape index (κ1) is 18.1. The van der Waals surface area contributed by atoms with E-state index in [1.165, 1.54) is 10.4 Å². The Labute approximate surface area is 168 Å². The van der Waals surface area contributed by atoms with Crippen LogP contribution in [0.1, 0.15) is 16.1 Å². The van der Waals surface area contributed by atoms with Gasteiger partial charge in [-0.05, 0) is 18.6 Å². The standard InChI is InChI=1S/C22H21N5S/c1-16-19(28-21(26-16)18-10-6-3-7-11-18)15-24-20-12-13-23-22(27-20)25-14-17-8-4-2-5-9-17/h2-13H,14-15H2,1H3,(H2,23,24,25,27). The van der Waals surface area contributed by atoms with E-state index in [9.17, 15) is 0 Å². The van der Waals surface area contributed by atoms with Crippen LogP contribution >= 0.6 is 11.3 Å². The predicted octanol–water partition coefficient (Wildman–Crippen LogP) is 5.13. The average molecular weight is 388 g/mol. The molecule has 0 unspecified atom stereocenters. The van der Waals surface area contributed by atoms with Crippen LogP contribution < -0.4 is 10.6 Å². The molecule has 6 heteroatoms. The smallest absolute Gasteiger partial charge is 0.224 e. The van der Waals surface area contributed by atoms with Gasteiger partial charge >= 0.3 is 0 Å². The van der Waals surface area contributed by atoms with Crippen LogP contribution in [0.25, 0.3) is 10.6 Å². The lowest BCUT2D eigenvalue weighted by molar-refractivity contribution is 1.03. The fourth-order valence-electron chi connectivity index (χ4n) is 2.79. The highest BCUT2D eigenvalue weighted by Gasteiger charge is 2.09. The maximum Gasteiger partial charge on any atom is 0.224 e. The minimum Gasteiger partial charge on any atom is -0.365 e. The molecule has 4 aromatic rings. The van der Waals surface area contributed by atoms with E-state index in [1.54, 1.807) is 17.5 Å². The zero-order chi connectivity index (χ0) is 19.2. The fourth-order valence-corrected chi connectivity index (χ4v) is 3.79. The fraction of sp³-hybridized carbons (Fsp3) is 0.136. The summed E-state index contributed by atoms with van der Waals surface area (Å²) in [4.78, 5) is 14.8. The first-order chi connectivity index (χ1) is 13.8. The molecule has 0 fully saturated rings. The van der Waals surface area contributed by atoms with Crippen molar-refractivity contribution in [2.45, 2.75) is 20.0 Å². The van der Waals surface area contributed by atoms with Gasteiger partial charge in [-0.2, -0.15) is 4.98 Å². The molecule has 2 N–H and O–H groups in total. The highest BCUT2D eigenvalue weighted by atomic mass is 32.1. The molecule has 0 spiro atoms. The Kier molecular flexibility index (Phi) is 5.58. The van der Waals surface area contributed by atoms with Crippen molar-refractivity contribution in [3.05, 3.63) is 89.1 Å². The predicted molar refractivity (Wildman–Crippen MR) is 115 cm³/mol. The third kappa shape index (κ3) is 4.53. The van der Waals surface area contributed by atoms with Crippen molar-refractivity contribution >= 4 is 23.1 Å². The first-order valence-electron chi connectivity index (χ1n) is 9.14.